The first kappa shape index (κ1) is 19.4. The molecule has 154 valence electrons. The van der Waals surface area contributed by atoms with Gasteiger partial charge in [-0.1, -0.05) is 13.8 Å². The summed E-state index contributed by atoms with van der Waals surface area (Å²) >= 11 is 0. The molecule has 3 saturated carbocycles. The minimum absolute atomic E-state index is 0.0266. The van der Waals surface area contributed by atoms with Gasteiger partial charge in [0.1, 0.15) is 11.3 Å². The molecule has 2 bridgehead atoms. The lowest BCUT2D eigenvalue weighted by Gasteiger charge is -2.49. The Morgan fingerprint density at radius 3 is 2.43 bits per heavy atom. The van der Waals surface area contributed by atoms with Gasteiger partial charge in [-0.25, -0.2) is 9.78 Å². The first-order valence-electron chi connectivity index (χ1n) is 10.5. The van der Waals surface area contributed by atoms with E-state index in [9.17, 15) is 15.0 Å². The maximum Gasteiger partial charge on any atom is 0.351 e. The van der Waals surface area contributed by atoms with E-state index in [1.807, 2.05) is 13.8 Å². The molecular weight excluding hydrogens is 358 g/mol. The number of fused-ring (bicyclic) bond motifs is 4. The van der Waals surface area contributed by atoms with Crippen molar-refractivity contribution in [2.45, 2.75) is 88.8 Å². The topological polar surface area (TPSA) is 116 Å². The second kappa shape index (κ2) is 7.15. The van der Waals surface area contributed by atoms with E-state index in [1.165, 1.54) is 0 Å². The summed E-state index contributed by atoms with van der Waals surface area (Å²) in [6, 6.07) is -0.165. The Morgan fingerprint density at radius 1 is 1.18 bits per heavy atom. The molecule has 0 saturated heterocycles. The number of hydrogen-bond acceptors (Lipinski definition) is 6. The van der Waals surface area contributed by atoms with Crippen molar-refractivity contribution < 1.29 is 10.2 Å². The van der Waals surface area contributed by atoms with Crippen LogP contribution in [0.3, 0.4) is 0 Å². The largest absolute Gasteiger partial charge is 0.394 e. The standard InChI is InChI=1S/C20H31N5O3/c1-3-11-25-16-14(15(23-18(25)27)21-13(4-2)12-26)22-17(24-16)19-5-8-20(28,9-6-19)10-7-19/h13,26,28H,3-12H2,1-2H3,(H,22,24)(H,21,23,27)/t13-,19?,20?/m0/s1. The molecule has 5 rings (SSSR count). The lowest BCUT2D eigenvalue weighted by molar-refractivity contribution is -0.0677. The second-order valence-electron chi connectivity index (χ2n) is 8.62. The van der Waals surface area contributed by atoms with Crippen LogP contribution in [-0.2, 0) is 12.0 Å². The zero-order chi connectivity index (χ0) is 19.9. The van der Waals surface area contributed by atoms with E-state index < -0.39 is 5.60 Å². The van der Waals surface area contributed by atoms with Crippen molar-refractivity contribution in [3.63, 3.8) is 0 Å². The van der Waals surface area contributed by atoms with Crippen LogP contribution in [0.2, 0.25) is 0 Å². The highest BCUT2D eigenvalue weighted by Crippen LogP contribution is 2.53. The smallest absolute Gasteiger partial charge is 0.351 e. The third-order valence-corrected chi connectivity index (χ3v) is 6.83. The fraction of sp³-hybridized carbons (Fsp3) is 0.750. The number of aromatic nitrogens is 4. The summed E-state index contributed by atoms with van der Waals surface area (Å²) in [7, 11) is 0. The van der Waals surface area contributed by atoms with Gasteiger partial charge >= 0.3 is 5.69 Å². The second-order valence-corrected chi connectivity index (χ2v) is 8.62. The number of nitrogens with zero attached hydrogens (tertiary/aromatic N) is 3. The highest BCUT2D eigenvalue weighted by atomic mass is 16.3. The molecule has 28 heavy (non-hydrogen) atoms. The summed E-state index contributed by atoms with van der Waals surface area (Å²) in [5.41, 5.74) is 0.488. The fourth-order valence-corrected chi connectivity index (χ4v) is 4.80. The SMILES string of the molecule is CCCn1c(=O)nc(N[C@@H](CC)CO)c2[nH]c(C34CCC(O)(CC3)CC4)nc21. The normalized spacial score (nSPS) is 28.0. The van der Waals surface area contributed by atoms with Gasteiger partial charge in [-0.05, 0) is 51.4 Å². The minimum atomic E-state index is -0.498. The summed E-state index contributed by atoms with van der Waals surface area (Å²) in [6.07, 6.45) is 6.68. The fourth-order valence-electron chi connectivity index (χ4n) is 4.80. The summed E-state index contributed by atoms with van der Waals surface area (Å²) in [5.74, 6) is 1.37. The number of aliphatic hydroxyl groups is 2. The first-order chi connectivity index (χ1) is 13.4. The van der Waals surface area contributed by atoms with Crippen LogP contribution in [0.25, 0.3) is 11.2 Å². The molecule has 3 aliphatic rings. The molecule has 1 atom stereocenters. The summed E-state index contributed by atoms with van der Waals surface area (Å²) in [5, 5.41) is 23.3. The van der Waals surface area contributed by atoms with Gasteiger partial charge in [-0.2, -0.15) is 4.98 Å². The summed E-state index contributed by atoms with van der Waals surface area (Å²) < 4.78 is 1.64. The van der Waals surface area contributed by atoms with Crippen LogP contribution in [0, 0.1) is 0 Å². The molecule has 3 fully saturated rings. The van der Waals surface area contributed by atoms with E-state index in [0.29, 0.717) is 18.0 Å². The van der Waals surface area contributed by atoms with Gasteiger partial charge in [0.05, 0.1) is 18.2 Å². The van der Waals surface area contributed by atoms with Crippen molar-refractivity contribution in [1.29, 1.82) is 0 Å². The van der Waals surface area contributed by atoms with Crippen molar-refractivity contribution in [1.82, 2.24) is 19.5 Å². The van der Waals surface area contributed by atoms with E-state index in [4.69, 9.17) is 4.98 Å². The number of aliphatic hydroxyl groups excluding tert-OH is 1. The van der Waals surface area contributed by atoms with Crippen LogP contribution in [0.1, 0.15) is 71.0 Å². The van der Waals surface area contributed by atoms with Gasteiger partial charge in [0.25, 0.3) is 0 Å². The van der Waals surface area contributed by atoms with Crippen molar-refractivity contribution in [2.75, 3.05) is 11.9 Å². The van der Waals surface area contributed by atoms with Crippen molar-refractivity contribution in [2.24, 2.45) is 0 Å². The van der Waals surface area contributed by atoms with E-state index >= 15 is 0 Å². The van der Waals surface area contributed by atoms with E-state index in [0.717, 1.165) is 62.7 Å². The van der Waals surface area contributed by atoms with Gasteiger partial charge < -0.3 is 20.5 Å². The molecule has 0 aliphatic heterocycles. The average Bonchev–Trinajstić information content (AvgIpc) is 3.16. The zero-order valence-corrected chi connectivity index (χ0v) is 16.8. The molecule has 8 nitrogen and oxygen atoms in total. The van der Waals surface area contributed by atoms with Gasteiger partial charge in [0.2, 0.25) is 0 Å². The lowest BCUT2D eigenvalue weighted by atomic mass is 9.58. The zero-order valence-electron chi connectivity index (χ0n) is 16.8. The number of rotatable bonds is 7. The minimum Gasteiger partial charge on any atom is -0.394 e. The molecule has 0 unspecified atom stereocenters. The Kier molecular flexibility index (Phi) is 4.95. The van der Waals surface area contributed by atoms with Gasteiger partial charge in [-0.3, -0.25) is 4.57 Å². The molecule has 2 heterocycles. The van der Waals surface area contributed by atoms with Crippen LogP contribution in [-0.4, -0.2) is 48.0 Å². The molecule has 0 spiro atoms. The maximum atomic E-state index is 12.6. The van der Waals surface area contributed by atoms with E-state index in [1.54, 1.807) is 4.57 Å². The van der Waals surface area contributed by atoms with Crippen molar-refractivity contribution >= 4 is 17.0 Å². The first-order valence-corrected chi connectivity index (χ1v) is 10.5. The predicted octanol–water partition coefficient (Wildman–Crippen LogP) is 2.05. The molecule has 0 aromatic carbocycles. The molecule has 2 aromatic heterocycles. The van der Waals surface area contributed by atoms with Gasteiger partial charge in [0, 0.05) is 12.0 Å². The van der Waals surface area contributed by atoms with E-state index in [2.05, 4.69) is 15.3 Å². The highest BCUT2D eigenvalue weighted by Gasteiger charge is 2.50. The summed E-state index contributed by atoms with van der Waals surface area (Å²) in [4.78, 5) is 25.3. The molecular formula is C20H31N5O3. The van der Waals surface area contributed by atoms with Crippen molar-refractivity contribution in [3.05, 3.63) is 16.3 Å². The van der Waals surface area contributed by atoms with Gasteiger partial charge in [0.15, 0.2) is 11.5 Å². The Hall–Kier alpha value is -1.93. The molecule has 0 amide bonds. The summed E-state index contributed by atoms with van der Waals surface area (Å²) in [6.45, 7) is 4.54. The number of H-pyrrole nitrogens is 1. The average molecular weight is 390 g/mol. The number of aromatic amines is 1. The molecule has 8 heteroatoms. The quantitative estimate of drug-likeness (QED) is 0.576. The van der Waals surface area contributed by atoms with Crippen LogP contribution < -0.4 is 11.0 Å². The Labute approximate surface area is 164 Å². The molecule has 3 aliphatic carbocycles. The Bertz CT molecular complexity index is 890. The third kappa shape index (κ3) is 3.12. The van der Waals surface area contributed by atoms with Crippen LogP contribution in [0.5, 0.6) is 0 Å². The molecule has 4 N–H and O–H groups in total. The number of imidazole rings is 1. The van der Waals surface area contributed by atoms with Crippen LogP contribution in [0.15, 0.2) is 4.79 Å². The highest BCUT2D eigenvalue weighted by molar-refractivity contribution is 5.83. The Balaban J connectivity index is 1.82. The predicted molar refractivity (Wildman–Crippen MR) is 108 cm³/mol. The van der Waals surface area contributed by atoms with Gasteiger partial charge in [-0.15, -0.1) is 0 Å². The molecule has 0 radical (unpaired) electrons. The monoisotopic (exact) mass is 389 g/mol. The lowest BCUT2D eigenvalue weighted by Crippen LogP contribution is -2.48. The molecule has 2 aromatic rings. The number of hydrogen-bond donors (Lipinski definition) is 4. The number of anilines is 1. The Morgan fingerprint density at radius 2 is 1.86 bits per heavy atom. The van der Waals surface area contributed by atoms with Crippen LogP contribution in [0.4, 0.5) is 5.82 Å². The van der Waals surface area contributed by atoms with E-state index in [-0.39, 0.29) is 23.8 Å². The van der Waals surface area contributed by atoms with Crippen LogP contribution >= 0.6 is 0 Å². The number of aryl methyl sites for hydroxylation is 1. The number of nitrogens with one attached hydrogen (secondary N) is 2. The van der Waals surface area contributed by atoms with Crippen molar-refractivity contribution in [3.8, 4) is 0 Å². The maximum absolute atomic E-state index is 12.6. The third-order valence-electron chi connectivity index (χ3n) is 6.83.